The standard InChI is InChI=1S/C8H19NO3/c1-4-11-7-8(2)9-12-6-5-10-3/h8-9H,4-7H2,1-3H3. The fourth-order valence-corrected chi connectivity index (χ4v) is 0.655. The van der Waals surface area contributed by atoms with Crippen LogP contribution >= 0.6 is 0 Å². The maximum atomic E-state index is 5.18. The van der Waals surface area contributed by atoms with Gasteiger partial charge in [0.25, 0.3) is 0 Å². The largest absolute Gasteiger partial charge is 0.382 e. The Kier molecular flexibility index (Phi) is 8.81. The van der Waals surface area contributed by atoms with Gasteiger partial charge in [0.2, 0.25) is 0 Å². The van der Waals surface area contributed by atoms with Crippen molar-refractivity contribution in [1.29, 1.82) is 0 Å². The average Bonchev–Trinajstić information content (AvgIpc) is 2.09. The van der Waals surface area contributed by atoms with Crippen LogP contribution in [-0.4, -0.2) is 39.6 Å². The average molecular weight is 177 g/mol. The van der Waals surface area contributed by atoms with Crippen LogP contribution in [0.15, 0.2) is 0 Å². The van der Waals surface area contributed by atoms with E-state index in [0.29, 0.717) is 19.8 Å². The van der Waals surface area contributed by atoms with E-state index < -0.39 is 0 Å². The van der Waals surface area contributed by atoms with Gasteiger partial charge in [-0.2, -0.15) is 5.48 Å². The third-order valence-corrected chi connectivity index (χ3v) is 1.25. The van der Waals surface area contributed by atoms with Gasteiger partial charge in [0, 0.05) is 13.7 Å². The second kappa shape index (κ2) is 8.93. The molecular weight excluding hydrogens is 158 g/mol. The van der Waals surface area contributed by atoms with Gasteiger partial charge in [-0.05, 0) is 13.8 Å². The van der Waals surface area contributed by atoms with Crippen LogP contribution in [0.3, 0.4) is 0 Å². The highest BCUT2D eigenvalue weighted by molar-refractivity contribution is 4.50. The zero-order chi connectivity index (χ0) is 9.23. The Morgan fingerprint density at radius 1 is 1.33 bits per heavy atom. The number of hydrogen-bond donors (Lipinski definition) is 1. The predicted molar refractivity (Wildman–Crippen MR) is 46.9 cm³/mol. The Morgan fingerprint density at radius 3 is 2.67 bits per heavy atom. The molecule has 12 heavy (non-hydrogen) atoms. The molecule has 0 aliphatic rings. The molecule has 0 aromatic rings. The van der Waals surface area contributed by atoms with Crippen molar-refractivity contribution >= 4 is 0 Å². The summed E-state index contributed by atoms with van der Waals surface area (Å²) in [4.78, 5) is 5.08. The van der Waals surface area contributed by atoms with Gasteiger partial charge >= 0.3 is 0 Å². The second-order valence-corrected chi connectivity index (χ2v) is 2.52. The van der Waals surface area contributed by atoms with E-state index in [1.807, 2.05) is 13.8 Å². The maximum Gasteiger partial charge on any atom is 0.0916 e. The van der Waals surface area contributed by atoms with Gasteiger partial charge in [-0.15, -0.1) is 0 Å². The molecule has 1 unspecified atom stereocenters. The Hall–Kier alpha value is -0.160. The molecule has 4 heteroatoms. The quantitative estimate of drug-likeness (QED) is 0.435. The first-order valence-corrected chi connectivity index (χ1v) is 4.25. The lowest BCUT2D eigenvalue weighted by Crippen LogP contribution is -2.31. The topological polar surface area (TPSA) is 39.7 Å². The van der Waals surface area contributed by atoms with Crippen molar-refractivity contribution in [3.63, 3.8) is 0 Å². The molecule has 0 heterocycles. The van der Waals surface area contributed by atoms with Crippen molar-refractivity contribution in [2.45, 2.75) is 19.9 Å². The van der Waals surface area contributed by atoms with Crippen LogP contribution < -0.4 is 5.48 Å². The number of hydrogen-bond acceptors (Lipinski definition) is 4. The van der Waals surface area contributed by atoms with Crippen LogP contribution in [0.25, 0.3) is 0 Å². The number of nitrogens with one attached hydrogen (secondary N) is 1. The highest BCUT2D eigenvalue weighted by atomic mass is 16.7. The summed E-state index contributed by atoms with van der Waals surface area (Å²) < 4.78 is 9.99. The summed E-state index contributed by atoms with van der Waals surface area (Å²) in [5.74, 6) is 0. The highest BCUT2D eigenvalue weighted by Crippen LogP contribution is 1.84. The molecule has 0 fully saturated rings. The van der Waals surface area contributed by atoms with E-state index in [1.54, 1.807) is 7.11 Å². The Labute approximate surface area is 74.1 Å². The predicted octanol–water partition coefficient (Wildman–Crippen LogP) is 0.579. The number of rotatable bonds is 8. The number of ether oxygens (including phenoxy) is 2. The van der Waals surface area contributed by atoms with Crippen molar-refractivity contribution in [2.75, 3.05) is 33.5 Å². The molecule has 1 N–H and O–H groups in total. The first-order chi connectivity index (χ1) is 5.81. The van der Waals surface area contributed by atoms with Gasteiger partial charge in [0.1, 0.15) is 0 Å². The van der Waals surface area contributed by atoms with Crippen LogP contribution in [0.4, 0.5) is 0 Å². The smallest absolute Gasteiger partial charge is 0.0916 e. The molecule has 0 saturated carbocycles. The van der Waals surface area contributed by atoms with Crippen LogP contribution in [-0.2, 0) is 14.3 Å². The third-order valence-electron chi connectivity index (χ3n) is 1.25. The molecule has 74 valence electrons. The van der Waals surface area contributed by atoms with Crippen LogP contribution in [0.1, 0.15) is 13.8 Å². The molecule has 4 nitrogen and oxygen atoms in total. The van der Waals surface area contributed by atoms with E-state index in [0.717, 1.165) is 6.61 Å². The lowest BCUT2D eigenvalue weighted by atomic mass is 10.4. The van der Waals surface area contributed by atoms with E-state index in [2.05, 4.69) is 5.48 Å². The summed E-state index contributed by atoms with van der Waals surface area (Å²) in [6.45, 7) is 6.55. The second-order valence-electron chi connectivity index (χ2n) is 2.52. The van der Waals surface area contributed by atoms with Gasteiger partial charge in [-0.1, -0.05) is 0 Å². The lowest BCUT2D eigenvalue weighted by molar-refractivity contribution is -0.0258. The minimum absolute atomic E-state index is 0.224. The summed E-state index contributed by atoms with van der Waals surface area (Å²) >= 11 is 0. The SMILES string of the molecule is CCOCC(C)NOCCOC. The molecule has 0 aromatic carbocycles. The van der Waals surface area contributed by atoms with Gasteiger partial charge in [-0.3, -0.25) is 4.84 Å². The molecule has 0 aromatic heterocycles. The van der Waals surface area contributed by atoms with Crippen molar-refractivity contribution in [2.24, 2.45) is 0 Å². The molecule has 0 aliphatic carbocycles. The summed E-state index contributed by atoms with van der Waals surface area (Å²) in [6.07, 6.45) is 0. The van der Waals surface area contributed by atoms with Crippen LogP contribution in [0, 0.1) is 0 Å². The van der Waals surface area contributed by atoms with E-state index in [1.165, 1.54) is 0 Å². The Bertz CT molecular complexity index is 90.4. The van der Waals surface area contributed by atoms with Gasteiger partial charge in [-0.25, -0.2) is 0 Å². The van der Waals surface area contributed by atoms with Gasteiger partial charge in [0.05, 0.1) is 25.9 Å². The molecule has 0 saturated heterocycles. The molecule has 0 radical (unpaired) electrons. The summed E-state index contributed by atoms with van der Waals surface area (Å²) in [7, 11) is 1.65. The van der Waals surface area contributed by atoms with Gasteiger partial charge in [0.15, 0.2) is 0 Å². The molecule has 0 aliphatic heterocycles. The summed E-state index contributed by atoms with van der Waals surface area (Å²) in [5.41, 5.74) is 2.85. The maximum absolute atomic E-state index is 5.18. The monoisotopic (exact) mass is 177 g/mol. The Morgan fingerprint density at radius 2 is 2.08 bits per heavy atom. The molecule has 0 amide bonds. The van der Waals surface area contributed by atoms with Crippen molar-refractivity contribution in [1.82, 2.24) is 5.48 Å². The third kappa shape index (κ3) is 7.94. The van der Waals surface area contributed by atoms with Gasteiger partial charge < -0.3 is 9.47 Å². The minimum Gasteiger partial charge on any atom is -0.382 e. The number of methoxy groups -OCH3 is 1. The fourth-order valence-electron chi connectivity index (χ4n) is 0.655. The first-order valence-electron chi connectivity index (χ1n) is 4.25. The Balaban J connectivity index is 3.02. The molecule has 0 bridgehead atoms. The van der Waals surface area contributed by atoms with E-state index in [-0.39, 0.29) is 6.04 Å². The molecule has 1 atom stereocenters. The zero-order valence-corrected chi connectivity index (χ0v) is 8.13. The van der Waals surface area contributed by atoms with Crippen molar-refractivity contribution in [3.05, 3.63) is 0 Å². The van der Waals surface area contributed by atoms with Crippen LogP contribution in [0.5, 0.6) is 0 Å². The number of hydroxylamine groups is 1. The van der Waals surface area contributed by atoms with Crippen molar-refractivity contribution in [3.8, 4) is 0 Å². The van der Waals surface area contributed by atoms with E-state index in [9.17, 15) is 0 Å². The normalized spacial score (nSPS) is 13.2. The summed E-state index contributed by atoms with van der Waals surface area (Å²) in [6, 6.07) is 0.224. The molecule has 0 rings (SSSR count). The fraction of sp³-hybridized carbons (Fsp3) is 1.00. The van der Waals surface area contributed by atoms with Crippen molar-refractivity contribution < 1.29 is 14.3 Å². The zero-order valence-electron chi connectivity index (χ0n) is 8.13. The molecular formula is C8H19NO3. The molecule has 0 spiro atoms. The summed E-state index contributed by atoms with van der Waals surface area (Å²) in [5, 5.41) is 0. The minimum atomic E-state index is 0.224. The van der Waals surface area contributed by atoms with Crippen LogP contribution in [0.2, 0.25) is 0 Å². The van der Waals surface area contributed by atoms with E-state index >= 15 is 0 Å². The highest BCUT2D eigenvalue weighted by Gasteiger charge is 1.99. The first kappa shape index (κ1) is 11.8. The lowest BCUT2D eigenvalue weighted by Gasteiger charge is -2.12. The van der Waals surface area contributed by atoms with E-state index in [4.69, 9.17) is 14.3 Å².